The van der Waals surface area contributed by atoms with E-state index >= 15 is 0 Å². The number of carbonyl (C=O) groups is 5. The molecule has 0 saturated heterocycles. The van der Waals surface area contributed by atoms with Crippen molar-refractivity contribution in [2.75, 3.05) is 0 Å². The molecule has 206 valence electrons. The first kappa shape index (κ1) is 28.9. The lowest BCUT2D eigenvalue weighted by molar-refractivity contribution is -0.147. The van der Waals surface area contributed by atoms with Crippen LogP contribution in [-0.4, -0.2) is 69.0 Å². The Balaban J connectivity index is 1.73. The summed E-state index contributed by atoms with van der Waals surface area (Å²) in [5.74, 6) is -5.10. The summed E-state index contributed by atoms with van der Waals surface area (Å²) in [4.78, 5) is 64.3. The standard InChI is InChI=1S/C27H31N5O7/c1-15(30-25(36)19(28)11-16-7-3-2-4-8-16)24(35)31-21(26(37)32-22(27(38)39)13-23(33)34)12-17-14-29-20-10-6-5-9-18(17)20/h2-10,14-15,19,21-22,29H,11-13,28H2,1H3,(H,30,36)(H,31,35)(H,32,37)(H,33,34)(H,38,39). The second kappa shape index (κ2) is 13.2. The van der Waals surface area contributed by atoms with Gasteiger partial charge in [-0.1, -0.05) is 48.5 Å². The Morgan fingerprint density at radius 1 is 0.821 bits per heavy atom. The molecule has 3 amide bonds. The number of H-pyrrole nitrogens is 1. The number of carboxylic acid groups (broad SMARTS) is 2. The molecule has 4 atom stereocenters. The Kier molecular flexibility index (Phi) is 9.76. The second-order valence-corrected chi connectivity index (χ2v) is 9.15. The van der Waals surface area contributed by atoms with Crippen LogP contribution in [0.1, 0.15) is 24.5 Å². The van der Waals surface area contributed by atoms with Gasteiger partial charge in [0.05, 0.1) is 12.5 Å². The van der Waals surface area contributed by atoms with Gasteiger partial charge in [0.2, 0.25) is 17.7 Å². The largest absolute Gasteiger partial charge is 0.481 e. The van der Waals surface area contributed by atoms with Gasteiger partial charge in [0.1, 0.15) is 18.1 Å². The number of aromatic nitrogens is 1. The van der Waals surface area contributed by atoms with E-state index in [9.17, 15) is 29.1 Å². The molecule has 0 radical (unpaired) electrons. The van der Waals surface area contributed by atoms with Crippen molar-refractivity contribution < 1.29 is 34.2 Å². The molecule has 0 aliphatic heterocycles. The van der Waals surface area contributed by atoms with E-state index in [1.165, 1.54) is 6.92 Å². The molecule has 3 rings (SSSR count). The first-order valence-corrected chi connectivity index (χ1v) is 12.3. The van der Waals surface area contributed by atoms with Crippen LogP contribution >= 0.6 is 0 Å². The normalized spacial score (nSPS) is 14.0. The van der Waals surface area contributed by atoms with Crippen LogP contribution in [0.4, 0.5) is 0 Å². The number of benzene rings is 2. The number of nitrogens with one attached hydrogen (secondary N) is 4. The van der Waals surface area contributed by atoms with E-state index in [0.29, 0.717) is 5.56 Å². The number of amides is 3. The van der Waals surface area contributed by atoms with Gasteiger partial charge in [-0.25, -0.2) is 4.79 Å². The third kappa shape index (κ3) is 8.14. The van der Waals surface area contributed by atoms with Crippen LogP contribution in [0.25, 0.3) is 10.9 Å². The van der Waals surface area contributed by atoms with Crippen LogP contribution < -0.4 is 21.7 Å². The number of nitrogens with two attached hydrogens (primary N) is 1. The lowest BCUT2D eigenvalue weighted by atomic mass is 10.0. The van der Waals surface area contributed by atoms with Gasteiger partial charge in [-0.2, -0.15) is 0 Å². The molecule has 0 fully saturated rings. The molecule has 8 N–H and O–H groups in total. The van der Waals surface area contributed by atoms with E-state index in [-0.39, 0.29) is 12.8 Å². The molecular weight excluding hydrogens is 506 g/mol. The number of hydrogen-bond donors (Lipinski definition) is 7. The van der Waals surface area contributed by atoms with E-state index < -0.39 is 60.2 Å². The summed E-state index contributed by atoms with van der Waals surface area (Å²) in [6.07, 6.45) is 1.04. The SMILES string of the molecule is CC(NC(=O)C(N)Cc1ccccc1)C(=O)NC(Cc1c[nH]c2ccccc12)C(=O)NC(CC(=O)O)C(=O)O. The summed E-state index contributed by atoms with van der Waals surface area (Å²) in [7, 11) is 0. The fourth-order valence-electron chi connectivity index (χ4n) is 4.02. The molecule has 0 bridgehead atoms. The Morgan fingerprint density at radius 2 is 1.46 bits per heavy atom. The molecule has 39 heavy (non-hydrogen) atoms. The molecule has 1 heterocycles. The predicted molar refractivity (Wildman–Crippen MR) is 141 cm³/mol. The first-order chi connectivity index (χ1) is 18.5. The lowest BCUT2D eigenvalue weighted by Crippen LogP contribution is -2.57. The molecule has 12 nitrogen and oxygen atoms in total. The van der Waals surface area contributed by atoms with Crippen molar-refractivity contribution >= 4 is 40.6 Å². The molecule has 2 aromatic carbocycles. The molecule has 3 aromatic rings. The van der Waals surface area contributed by atoms with Crippen LogP contribution in [-0.2, 0) is 36.8 Å². The topological polar surface area (TPSA) is 204 Å². The van der Waals surface area contributed by atoms with Crippen molar-refractivity contribution in [3.63, 3.8) is 0 Å². The van der Waals surface area contributed by atoms with Crippen LogP contribution in [0, 0.1) is 0 Å². The van der Waals surface area contributed by atoms with Gasteiger partial charge in [0, 0.05) is 23.5 Å². The van der Waals surface area contributed by atoms with Gasteiger partial charge in [0.25, 0.3) is 0 Å². The maximum absolute atomic E-state index is 13.1. The molecule has 0 aliphatic carbocycles. The van der Waals surface area contributed by atoms with E-state index in [1.54, 1.807) is 12.3 Å². The van der Waals surface area contributed by atoms with E-state index in [2.05, 4.69) is 20.9 Å². The number of hydrogen-bond acceptors (Lipinski definition) is 6. The zero-order valence-corrected chi connectivity index (χ0v) is 21.2. The van der Waals surface area contributed by atoms with Crippen LogP contribution in [0.2, 0.25) is 0 Å². The monoisotopic (exact) mass is 537 g/mol. The van der Waals surface area contributed by atoms with Crippen LogP contribution in [0.5, 0.6) is 0 Å². The summed E-state index contributed by atoms with van der Waals surface area (Å²) in [5, 5.41) is 26.4. The third-order valence-corrected chi connectivity index (χ3v) is 6.11. The quantitative estimate of drug-likeness (QED) is 0.161. The summed E-state index contributed by atoms with van der Waals surface area (Å²) in [6, 6.07) is 11.4. The number of para-hydroxylation sites is 1. The van der Waals surface area contributed by atoms with Crippen molar-refractivity contribution in [3.05, 3.63) is 71.9 Å². The van der Waals surface area contributed by atoms with Crippen molar-refractivity contribution in [1.82, 2.24) is 20.9 Å². The van der Waals surface area contributed by atoms with Crippen molar-refractivity contribution in [2.45, 2.75) is 50.4 Å². The van der Waals surface area contributed by atoms with Gasteiger partial charge in [-0.05, 0) is 30.5 Å². The van der Waals surface area contributed by atoms with Crippen molar-refractivity contribution in [2.24, 2.45) is 5.73 Å². The second-order valence-electron chi connectivity index (χ2n) is 9.15. The molecule has 1 aromatic heterocycles. The fraction of sp³-hybridized carbons (Fsp3) is 0.296. The Bertz CT molecular complexity index is 1340. The number of fused-ring (bicyclic) bond motifs is 1. The molecule has 0 saturated carbocycles. The van der Waals surface area contributed by atoms with Gasteiger partial charge in [0.15, 0.2) is 0 Å². The summed E-state index contributed by atoms with van der Waals surface area (Å²) < 4.78 is 0. The highest BCUT2D eigenvalue weighted by molar-refractivity contribution is 5.95. The maximum Gasteiger partial charge on any atom is 0.326 e. The van der Waals surface area contributed by atoms with Gasteiger partial charge < -0.3 is 36.9 Å². The van der Waals surface area contributed by atoms with Crippen molar-refractivity contribution in [3.8, 4) is 0 Å². The number of carboxylic acids is 2. The maximum atomic E-state index is 13.1. The first-order valence-electron chi connectivity index (χ1n) is 12.3. The minimum Gasteiger partial charge on any atom is -0.481 e. The van der Waals surface area contributed by atoms with Gasteiger partial charge in [-0.15, -0.1) is 0 Å². The number of aliphatic carboxylic acids is 2. The summed E-state index contributed by atoms with van der Waals surface area (Å²) in [6.45, 7) is 1.42. The Hall–Kier alpha value is -4.71. The molecule has 0 spiro atoms. The Labute approximate surface area is 224 Å². The summed E-state index contributed by atoms with van der Waals surface area (Å²) >= 11 is 0. The van der Waals surface area contributed by atoms with Crippen LogP contribution in [0.3, 0.4) is 0 Å². The zero-order chi connectivity index (χ0) is 28.5. The number of carbonyl (C=O) groups excluding carboxylic acids is 3. The number of aromatic amines is 1. The highest BCUT2D eigenvalue weighted by Crippen LogP contribution is 2.19. The predicted octanol–water partition coefficient (Wildman–Crippen LogP) is 0.314. The fourth-order valence-corrected chi connectivity index (χ4v) is 4.02. The average Bonchev–Trinajstić information content (AvgIpc) is 3.30. The molecular formula is C27H31N5O7. The summed E-state index contributed by atoms with van der Waals surface area (Å²) in [5.41, 5.74) is 8.30. The van der Waals surface area contributed by atoms with E-state index in [0.717, 1.165) is 16.5 Å². The highest BCUT2D eigenvalue weighted by Gasteiger charge is 2.30. The Morgan fingerprint density at radius 3 is 2.13 bits per heavy atom. The molecule has 12 heteroatoms. The minimum absolute atomic E-state index is 0.0326. The van der Waals surface area contributed by atoms with E-state index in [4.69, 9.17) is 10.8 Å². The minimum atomic E-state index is -1.70. The highest BCUT2D eigenvalue weighted by atomic mass is 16.4. The molecule has 0 aliphatic rings. The van der Waals surface area contributed by atoms with Crippen molar-refractivity contribution in [1.29, 1.82) is 0 Å². The van der Waals surface area contributed by atoms with Crippen LogP contribution in [0.15, 0.2) is 60.8 Å². The number of rotatable bonds is 13. The van der Waals surface area contributed by atoms with Gasteiger partial charge in [-0.3, -0.25) is 19.2 Å². The smallest absolute Gasteiger partial charge is 0.326 e. The van der Waals surface area contributed by atoms with E-state index in [1.807, 2.05) is 48.5 Å². The molecule has 4 unspecified atom stereocenters. The average molecular weight is 538 g/mol. The zero-order valence-electron chi connectivity index (χ0n) is 21.2. The third-order valence-electron chi connectivity index (χ3n) is 6.11. The lowest BCUT2D eigenvalue weighted by Gasteiger charge is -2.23. The van der Waals surface area contributed by atoms with Gasteiger partial charge >= 0.3 is 11.9 Å².